The van der Waals surface area contributed by atoms with Crippen LogP contribution < -0.4 is 10.6 Å². The van der Waals surface area contributed by atoms with Crippen molar-refractivity contribution in [3.63, 3.8) is 0 Å². The molecule has 0 spiro atoms. The van der Waals surface area contributed by atoms with Crippen LogP contribution in [0.5, 0.6) is 0 Å². The van der Waals surface area contributed by atoms with E-state index >= 15 is 0 Å². The minimum atomic E-state index is -0.549. The predicted octanol–water partition coefficient (Wildman–Crippen LogP) is 4.93. The lowest BCUT2D eigenvalue weighted by molar-refractivity contribution is -0.383. The van der Waals surface area contributed by atoms with Crippen molar-refractivity contribution in [3.05, 3.63) is 82.3 Å². The summed E-state index contributed by atoms with van der Waals surface area (Å²) in [6, 6.07) is 15.9. The van der Waals surface area contributed by atoms with E-state index in [4.69, 9.17) is 0 Å². The number of nitrogens with one attached hydrogen (secondary N) is 2. The van der Waals surface area contributed by atoms with Gasteiger partial charge >= 0.3 is 5.69 Å². The van der Waals surface area contributed by atoms with Crippen LogP contribution in [-0.4, -0.2) is 25.7 Å². The Morgan fingerprint density at radius 2 is 1.74 bits per heavy atom. The molecule has 154 valence electrons. The second kappa shape index (κ2) is 8.15. The van der Waals surface area contributed by atoms with E-state index < -0.39 is 4.92 Å². The molecular formula is C22H18N6O3. The molecule has 2 aromatic carbocycles. The molecule has 0 bridgehead atoms. The minimum absolute atomic E-state index is 0.0115. The zero-order chi connectivity index (χ0) is 22.0. The molecule has 9 nitrogen and oxygen atoms in total. The summed E-state index contributed by atoms with van der Waals surface area (Å²) in [6.07, 6.45) is 1.24. The number of rotatable bonds is 6. The second-order valence-corrected chi connectivity index (χ2v) is 6.89. The Hall–Kier alpha value is -4.40. The number of anilines is 4. The van der Waals surface area contributed by atoms with Crippen LogP contribution in [0.3, 0.4) is 0 Å². The summed E-state index contributed by atoms with van der Waals surface area (Å²) in [6.45, 7) is 3.35. The van der Waals surface area contributed by atoms with Crippen LogP contribution in [0.25, 0.3) is 10.9 Å². The van der Waals surface area contributed by atoms with Gasteiger partial charge in [0, 0.05) is 28.0 Å². The summed E-state index contributed by atoms with van der Waals surface area (Å²) in [7, 11) is 0. The zero-order valence-electron chi connectivity index (χ0n) is 16.8. The molecule has 0 atom stereocenters. The largest absolute Gasteiger partial charge is 0.353 e. The third kappa shape index (κ3) is 4.15. The summed E-state index contributed by atoms with van der Waals surface area (Å²) >= 11 is 0. The Bertz CT molecular complexity index is 1320. The van der Waals surface area contributed by atoms with E-state index in [0.717, 1.165) is 16.6 Å². The van der Waals surface area contributed by atoms with Crippen LogP contribution in [0.2, 0.25) is 0 Å². The average molecular weight is 414 g/mol. The Morgan fingerprint density at radius 3 is 2.48 bits per heavy atom. The Labute approximate surface area is 177 Å². The van der Waals surface area contributed by atoms with E-state index in [-0.39, 0.29) is 23.1 Å². The van der Waals surface area contributed by atoms with E-state index in [1.54, 1.807) is 30.3 Å². The third-order valence-corrected chi connectivity index (χ3v) is 4.66. The molecule has 0 saturated heterocycles. The number of hydrogen-bond acceptors (Lipinski definition) is 8. The summed E-state index contributed by atoms with van der Waals surface area (Å²) in [4.78, 5) is 35.6. The molecule has 0 aliphatic heterocycles. The molecule has 2 aromatic heterocycles. The molecule has 2 N–H and O–H groups in total. The van der Waals surface area contributed by atoms with E-state index in [9.17, 15) is 14.9 Å². The molecule has 2 heterocycles. The highest BCUT2D eigenvalue weighted by Crippen LogP contribution is 2.34. The van der Waals surface area contributed by atoms with E-state index in [0.29, 0.717) is 16.9 Å². The van der Waals surface area contributed by atoms with Crippen LogP contribution in [0.4, 0.5) is 28.7 Å². The third-order valence-electron chi connectivity index (χ3n) is 4.66. The van der Waals surface area contributed by atoms with Gasteiger partial charge in [0.2, 0.25) is 11.6 Å². The number of carbonyl (C=O) groups excluding carboxylic acids is 1. The van der Waals surface area contributed by atoms with Gasteiger partial charge in [-0.05, 0) is 50.2 Å². The molecule has 9 heteroatoms. The van der Waals surface area contributed by atoms with Crippen molar-refractivity contribution < 1.29 is 9.72 Å². The van der Waals surface area contributed by atoms with Gasteiger partial charge in [0.1, 0.15) is 6.33 Å². The van der Waals surface area contributed by atoms with Crippen LogP contribution >= 0.6 is 0 Å². The first-order valence-corrected chi connectivity index (χ1v) is 9.43. The first-order chi connectivity index (χ1) is 14.9. The van der Waals surface area contributed by atoms with Crippen molar-refractivity contribution in [3.8, 4) is 0 Å². The van der Waals surface area contributed by atoms with Gasteiger partial charge in [0.05, 0.1) is 10.4 Å². The van der Waals surface area contributed by atoms with Crippen molar-refractivity contribution in [1.82, 2.24) is 15.0 Å². The van der Waals surface area contributed by atoms with Gasteiger partial charge in [-0.2, -0.15) is 0 Å². The number of aromatic nitrogens is 3. The van der Waals surface area contributed by atoms with E-state index in [2.05, 4.69) is 25.6 Å². The molecule has 4 aromatic rings. The molecule has 0 fully saturated rings. The maximum Gasteiger partial charge on any atom is 0.353 e. The summed E-state index contributed by atoms with van der Waals surface area (Å²) in [5.41, 5.74) is 2.95. The van der Waals surface area contributed by atoms with Crippen LogP contribution in [0, 0.1) is 17.0 Å². The summed E-state index contributed by atoms with van der Waals surface area (Å²) in [5, 5.41) is 18.7. The maximum absolute atomic E-state index is 11.9. The number of aryl methyl sites for hydroxylation is 1. The lowest BCUT2D eigenvalue weighted by atomic mass is 10.1. The van der Waals surface area contributed by atoms with Gasteiger partial charge in [-0.1, -0.05) is 18.2 Å². The number of nitro groups is 1. The number of hydrogen-bond donors (Lipinski definition) is 2. The van der Waals surface area contributed by atoms with E-state index in [1.165, 1.54) is 13.3 Å². The van der Waals surface area contributed by atoms with Gasteiger partial charge in [0.15, 0.2) is 5.78 Å². The minimum Gasteiger partial charge on any atom is -0.334 e. The monoisotopic (exact) mass is 414 g/mol. The first kappa shape index (κ1) is 19.9. The summed E-state index contributed by atoms with van der Waals surface area (Å²) in [5.74, 6) is -0.0568. The second-order valence-electron chi connectivity index (χ2n) is 6.89. The predicted molar refractivity (Wildman–Crippen MR) is 118 cm³/mol. The van der Waals surface area contributed by atoms with Crippen molar-refractivity contribution in [1.29, 1.82) is 0 Å². The molecule has 31 heavy (non-hydrogen) atoms. The quantitative estimate of drug-likeness (QED) is 0.259. The van der Waals surface area contributed by atoms with Gasteiger partial charge in [-0.15, -0.1) is 0 Å². The molecule has 4 rings (SSSR count). The fraction of sp³-hybridized carbons (Fsp3) is 0.0909. The fourth-order valence-electron chi connectivity index (χ4n) is 3.18. The fourth-order valence-corrected chi connectivity index (χ4v) is 3.18. The zero-order valence-corrected chi connectivity index (χ0v) is 16.8. The SMILES string of the molecule is CC(=O)c1cccc(Nc2ncnc(Nc3cccc4nc(C)ccc34)c2[N+](=O)[O-])c1. The Morgan fingerprint density at radius 1 is 1.00 bits per heavy atom. The number of fused-ring (bicyclic) bond motifs is 1. The van der Waals surface area contributed by atoms with E-state index in [1.807, 2.05) is 31.2 Å². The van der Waals surface area contributed by atoms with Gasteiger partial charge < -0.3 is 10.6 Å². The van der Waals surface area contributed by atoms with Crippen molar-refractivity contribution in [2.75, 3.05) is 10.6 Å². The maximum atomic E-state index is 11.9. The molecule has 0 amide bonds. The molecule has 0 saturated carbocycles. The number of benzene rings is 2. The summed E-state index contributed by atoms with van der Waals surface area (Å²) < 4.78 is 0. The highest BCUT2D eigenvalue weighted by atomic mass is 16.6. The normalized spacial score (nSPS) is 10.6. The van der Waals surface area contributed by atoms with Crippen LogP contribution in [0.1, 0.15) is 23.0 Å². The highest BCUT2D eigenvalue weighted by molar-refractivity contribution is 5.96. The lowest BCUT2D eigenvalue weighted by Gasteiger charge is -2.12. The number of ketones is 1. The van der Waals surface area contributed by atoms with Crippen LogP contribution in [0.15, 0.2) is 60.9 Å². The smallest absolute Gasteiger partial charge is 0.334 e. The number of carbonyl (C=O) groups is 1. The Balaban J connectivity index is 1.74. The Kier molecular flexibility index (Phi) is 5.23. The van der Waals surface area contributed by atoms with Crippen molar-refractivity contribution in [2.45, 2.75) is 13.8 Å². The molecule has 0 aliphatic rings. The molecule has 0 radical (unpaired) electrons. The topological polar surface area (TPSA) is 123 Å². The molecule has 0 unspecified atom stereocenters. The van der Waals surface area contributed by atoms with Gasteiger partial charge in [0.25, 0.3) is 0 Å². The number of Topliss-reactive ketones (excluding diaryl/α,β-unsaturated/α-hetero) is 1. The molecule has 0 aliphatic carbocycles. The highest BCUT2D eigenvalue weighted by Gasteiger charge is 2.24. The lowest BCUT2D eigenvalue weighted by Crippen LogP contribution is -2.06. The number of nitrogens with zero attached hydrogens (tertiary/aromatic N) is 4. The van der Waals surface area contributed by atoms with Crippen molar-refractivity contribution >= 4 is 45.4 Å². The van der Waals surface area contributed by atoms with Crippen molar-refractivity contribution in [2.24, 2.45) is 0 Å². The van der Waals surface area contributed by atoms with Gasteiger partial charge in [-0.3, -0.25) is 19.9 Å². The van der Waals surface area contributed by atoms with Crippen LogP contribution in [-0.2, 0) is 0 Å². The molecular weight excluding hydrogens is 396 g/mol. The standard InChI is InChI=1S/C22H18N6O3/c1-13-9-10-17-18(25-13)7-4-8-19(17)27-22-20(28(30)31)21(23-12-24-22)26-16-6-3-5-15(11-16)14(2)29/h3-12H,1-2H3,(H2,23,24,26,27). The first-order valence-electron chi connectivity index (χ1n) is 9.43. The average Bonchev–Trinajstić information content (AvgIpc) is 2.74. The number of pyridine rings is 1. The van der Waals surface area contributed by atoms with Gasteiger partial charge in [-0.25, -0.2) is 9.97 Å².